The van der Waals surface area contributed by atoms with Crippen molar-refractivity contribution in [3.05, 3.63) is 0 Å². The number of carbonyl (C=O) groups is 1. The summed E-state index contributed by atoms with van der Waals surface area (Å²) in [6.07, 6.45) is -4.14. The van der Waals surface area contributed by atoms with E-state index < -0.39 is 24.9 Å². The zero-order valence-electron chi connectivity index (χ0n) is 8.19. The van der Waals surface area contributed by atoms with Crippen LogP contribution in [-0.2, 0) is 4.79 Å². The molecule has 1 unspecified atom stereocenters. The van der Waals surface area contributed by atoms with Crippen molar-refractivity contribution < 1.29 is 18.0 Å². The van der Waals surface area contributed by atoms with Crippen molar-refractivity contribution in [2.24, 2.45) is 0 Å². The van der Waals surface area contributed by atoms with E-state index >= 15 is 0 Å². The minimum absolute atomic E-state index is 0.0765. The lowest BCUT2D eigenvalue weighted by Crippen LogP contribution is -2.36. The number of rotatable bonds is 3. The van der Waals surface area contributed by atoms with Crippen LogP contribution in [0.5, 0.6) is 0 Å². The third-order valence-corrected chi connectivity index (χ3v) is 2.85. The van der Waals surface area contributed by atoms with Gasteiger partial charge in [-0.3, -0.25) is 4.79 Å². The molecule has 0 saturated carbocycles. The monoisotopic (exact) mass is 243 g/mol. The molecular formula is C9H13ClF3NO. The molecule has 2 nitrogen and oxygen atoms in total. The van der Waals surface area contributed by atoms with Crippen molar-refractivity contribution in [2.45, 2.75) is 37.9 Å². The van der Waals surface area contributed by atoms with Crippen LogP contribution in [0.4, 0.5) is 13.2 Å². The molecule has 6 heteroatoms. The smallest absolute Gasteiger partial charge is 0.339 e. The second kappa shape index (κ2) is 5.05. The summed E-state index contributed by atoms with van der Waals surface area (Å²) in [5, 5.41) is 0. The molecule has 88 valence electrons. The minimum atomic E-state index is -4.26. The van der Waals surface area contributed by atoms with Crippen LogP contribution in [0, 0.1) is 0 Å². The molecule has 1 aliphatic heterocycles. The summed E-state index contributed by atoms with van der Waals surface area (Å²) in [6, 6.07) is -0.0765. The van der Waals surface area contributed by atoms with Gasteiger partial charge >= 0.3 is 6.18 Å². The first-order chi connectivity index (χ1) is 6.94. The van der Waals surface area contributed by atoms with E-state index in [1.807, 2.05) is 0 Å². The Morgan fingerprint density at radius 3 is 2.67 bits per heavy atom. The van der Waals surface area contributed by atoms with E-state index in [1.54, 1.807) is 0 Å². The minimum Gasteiger partial charge on any atom is -0.339 e. The summed E-state index contributed by atoms with van der Waals surface area (Å²) in [6.45, 7) is 0.536. The first-order valence-corrected chi connectivity index (χ1v) is 5.39. The summed E-state index contributed by atoms with van der Waals surface area (Å²) in [7, 11) is 0. The van der Waals surface area contributed by atoms with Crippen molar-refractivity contribution in [1.82, 2.24) is 4.90 Å². The number of alkyl halides is 4. The van der Waals surface area contributed by atoms with Gasteiger partial charge in [0.1, 0.15) is 0 Å². The number of hydrogen-bond donors (Lipinski definition) is 0. The van der Waals surface area contributed by atoms with Crippen LogP contribution in [0.1, 0.15) is 25.7 Å². The number of halogens is 4. The van der Waals surface area contributed by atoms with Crippen LogP contribution in [0.25, 0.3) is 0 Å². The van der Waals surface area contributed by atoms with Crippen LogP contribution in [0.15, 0.2) is 0 Å². The fourth-order valence-corrected chi connectivity index (χ4v) is 2.04. The zero-order chi connectivity index (χ0) is 11.5. The maximum absolute atomic E-state index is 11.9. The van der Waals surface area contributed by atoms with E-state index in [0.29, 0.717) is 12.4 Å². The summed E-state index contributed by atoms with van der Waals surface area (Å²) in [5.41, 5.74) is 0. The highest BCUT2D eigenvalue weighted by Crippen LogP contribution is 2.24. The van der Waals surface area contributed by atoms with Gasteiger partial charge in [0.25, 0.3) is 0 Å². The van der Waals surface area contributed by atoms with Crippen LogP contribution in [-0.4, -0.2) is 35.4 Å². The largest absolute Gasteiger partial charge is 0.389 e. The average molecular weight is 244 g/mol. The Bertz CT molecular complexity index is 232. The van der Waals surface area contributed by atoms with Crippen molar-refractivity contribution in [3.63, 3.8) is 0 Å². The normalized spacial score (nSPS) is 22.1. The first kappa shape index (κ1) is 12.6. The standard InChI is InChI=1S/C9H13ClF3NO/c10-6-7-2-1-5-14(7)8(15)3-4-9(11,12)13/h7H,1-6H2. The predicted molar refractivity (Wildman–Crippen MR) is 50.7 cm³/mol. The molecule has 0 radical (unpaired) electrons. The molecule has 1 atom stereocenters. The van der Waals surface area contributed by atoms with Crippen LogP contribution >= 0.6 is 11.6 Å². The predicted octanol–water partition coefficient (Wildman–Crippen LogP) is 2.56. The van der Waals surface area contributed by atoms with Gasteiger partial charge in [0, 0.05) is 24.9 Å². The van der Waals surface area contributed by atoms with E-state index in [4.69, 9.17) is 11.6 Å². The van der Waals surface area contributed by atoms with E-state index in [1.165, 1.54) is 4.90 Å². The summed E-state index contributed by atoms with van der Waals surface area (Å²) < 4.78 is 35.7. The molecule has 0 aromatic rings. The van der Waals surface area contributed by atoms with E-state index in [2.05, 4.69) is 0 Å². The molecular weight excluding hydrogens is 231 g/mol. The van der Waals surface area contributed by atoms with Crippen LogP contribution < -0.4 is 0 Å². The Labute approximate surface area is 91.4 Å². The molecule has 1 fully saturated rings. The topological polar surface area (TPSA) is 20.3 Å². The molecule has 0 aliphatic carbocycles. The lowest BCUT2D eigenvalue weighted by atomic mass is 10.2. The van der Waals surface area contributed by atoms with Crippen molar-refractivity contribution in [3.8, 4) is 0 Å². The molecule has 0 bridgehead atoms. The van der Waals surface area contributed by atoms with Gasteiger partial charge in [-0.15, -0.1) is 11.6 Å². The lowest BCUT2D eigenvalue weighted by Gasteiger charge is -2.23. The molecule has 1 amide bonds. The van der Waals surface area contributed by atoms with Gasteiger partial charge in [-0.25, -0.2) is 0 Å². The maximum atomic E-state index is 11.9. The highest BCUT2D eigenvalue weighted by Gasteiger charge is 2.32. The summed E-state index contributed by atoms with van der Waals surface area (Å²) in [4.78, 5) is 12.9. The number of amides is 1. The number of hydrogen-bond acceptors (Lipinski definition) is 1. The fraction of sp³-hybridized carbons (Fsp3) is 0.889. The van der Waals surface area contributed by atoms with Gasteiger partial charge in [-0.05, 0) is 12.8 Å². The fourth-order valence-electron chi connectivity index (χ4n) is 1.72. The Balaban J connectivity index is 2.40. The number of likely N-dealkylation sites (tertiary alicyclic amines) is 1. The second-order valence-corrected chi connectivity index (χ2v) is 3.96. The SMILES string of the molecule is O=C(CCC(F)(F)F)N1CCCC1CCl. The first-order valence-electron chi connectivity index (χ1n) is 4.86. The number of carbonyl (C=O) groups excluding carboxylic acids is 1. The van der Waals surface area contributed by atoms with Crippen LogP contribution in [0.2, 0.25) is 0 Å². The second-order valence-electron chi connectivity index (χ2n) is 3.65. The Morgan fingerprint density at radius 1 is 1.47 bits per heavy atom. The number of nitrogens with zero attached hydrogens (tertiary/aromatic N) is 1. The molecule has 0 N–H and O–H groups in total. The summed E-state index contributed by atoms with van der Waals surface area (Å²) >= 11 is 5.62. The van der Waals surface area contributed by atoms with Gasteiger partial charge in [0.15, 0.2) is 0 Å². The van der Waals surface area contributed by atoms with Gasteiger partial charge in [0.05, 0.1) is 6.42 Å². The molecule has 0 spiro atoms. The average Bonchev–Trinajstić information content (AvgIpc) is 2.60. The molecule has 0 aromatic carbocycles. The van der Waals surface area contributed by atoms with Crippen molar-refractivity contribution >= 4 is 17.5 Å². The third kappa shape index (κ3) is 3.89. The lowest BCUT2D eigenvalue weighted by molar-refractivity contribution is -0.149. The van der Waals surface area contributed by atoms with E-state index in [0.717, 1.165) is 12.8 Å². The van der Waals surface area contributed by atoms with Crippen molar-refractivity contribution in [1.29, 1.82) is 0 Å². The van der Waals surface area contributed by atoms with Gasteiger partial charge in [0.2, 0.25) is 5.91 Å². The van der Waals surface area contributed by atoms with Gasteiger partial charge < -0.3 is 4.90 Å². The maximum Gasteiger partial charge on any atom is 0.389 e. The molecule has 1 heterocycles. The molecule has 15 heavy (non-hydrogen) atoms. The molecule has 1 aliphatic rings. The zero-order valence-corrected chi connectivity index (χ0v) is 8.94. The van der Waals surface area contributed by atoms with E-state index in [9.17, 15) is 18.0 Å². The third-order valence-electron chi connectivity index (χ3n) is 2.50. The molecule has 1 saturated heterocycles. The highest BCUT2D eigenvalue weighted by molar-refractivity contribution is 6.18. The van der Waals surface area contributed by atoms with Crippen molar-refractivity contribution in [2.75, 3.05) is 12.4 Å². The highest BCUT2D eigenvalue weighted by atomic mass is 35.5. The van der Waals surface area contributed by atoms with E-state index in [-0.39, 0.29) is 6.04 Å². The van der Waals surface area contributed by atoms with Gasteiger partial charge in [-0.2, -0.15) is 13.2 Å². The molecule has 1 rings (SSSR count). The Morgan fingerprint density at radius 2 is 2.13 bits per heavy atom. The Kier molecular flexibility index (Phi) is 4.25. The summed E-state index contributed by atoms with van der Waals surface area (Å²) in [5.74, 6) is -0.131. The Hall–Kier alpha value is -0.450. The van der Waals surface area contributed by atoms with Crippen LogP contribution in [0.3, 0.4) is 0 Å². The quantitative estimate of drug-likeness (QED) is 0.698. The van der Waals surface area contributed by atoms with Gasteiger partial charge in [-0.1, -0.05) is 0 Å². The molecule has 0 aromatic heterocycles.